The number of aliphatic carboxylic acids is 4. The van der Waals surface area contributed by atoms with Gasteiger partial charge in [0, 0.05) is 29.2 Å². The second-order valence-electron chi connectivity index (χ2n) is 1.15. The van der Waals surface area contributed by atoms with E-state index < -0.39 is 23.9 Å². The molecule has 0 unspecified atom stereocenters. The van der Waals surface area contributed by atoms with Crippen LogP contribution in [0.15, 0.2) is 0 Å². The van der Waals surface area contributed by atoms with Gasteiger partial charge in [0.2, 0.25) is 0 Å². The second kappa shape index (κ2) is 8.96. The Morgan fingerprint density at radius 3 is 0.615 bits per heavy atom. The molecule has 0 saturated heterocycles. The van der Waals surface area contributed by atoms with Crippen molar-refractivity contribution in [2.75, 3.05) is 0 Å². The monoisotopic (exact) mass is 414 g/mol. The van der Waals surface area contributed by atoms with Crippen molar-refractivity contribution >= 4 is 23.9 Å². The largest absolute Gasteiger partial charge is 0.543 e. The van der Waals surface area contributed by atoms with Crippen molar-refractivity contribution in [3.8, 4) is 0 Å². The fourth-order valence-electron chi connectivity index (χ4n) is 0. The van der Waals surface area contributed by atoms with Crippen LogP contribution in [0.5, 0.6) is 0 Å². The van der Waals surface area contributed by atoms with Gasteiger partial charge in [-0.2, -0.15) is 0 Å². The van der Waals surface area contributed by atoms with E-state index in [1.807, 2.05) is 0 Å². The fraction of sp³-hybridized carbons (Fsp3) is 0. The Morgan fingerprint density at radius 1 is 0.538 bits per heavy atom. The molecule has 0 aliphatic carbocycles. The third-order valence-corrected chi connectivity index (χ3v) is 0.333. The van der Waals surface area contributed by atoms with E-state index in [2.05, 4.69) is 0 Å². The Balaban J connectivity index is -0.000000143. The van der Waals surface area contributed by atoms with Gasteiger partial charge in [0.15, 0.2) is 0 Å². The molecule has 0 saturated carbocycles. The molecule has 0 fully saturated rings. The minimum atomic E-state index is -2.19. The van der Waals surface area contributed by atoms with E-state index in [1.165, 1.54) is 0 Å². The summed E-state index contributed by atoms with van der Waals surface area (Å²) in [6.45, 7) is 0. The average molecular weight is 420 g/mol. The van der Waals surface area contributed by atoms with Crippen LogP contribution in [-0.4, -0.2) is 23.9 Å². The molecule has 0 heterocycles. The molecule has 13 heavy (non-hydrogen) atoms. The quantitative estimate of drug-likeness (QED) is 0.350. The van der Waals surface area contributed by atoms with Crippen LogP contribution in [0.4, 0.5) is 0 Å². The third kappa shape index (κ3) is 18.1. The van der Waals surface area contributed by atoms with Gasteiger partial charge in [0.1, 0.15) is 0 Å². The zero-order valence-electron chi connectivity index (χ0n) is 5.67. The van der Waals surface area contributed by atoms with Gasteiger partial charge >= 0.3 is 0 Å². The summed E-state index contributed by atoms with van der Waals surface area (Å²) < 4.78 is 0. The van der Waals surface area contributed by atoms with Crippen molar-refractivity contribution in [3.63, 3.8) is 0 Å². The van der Waals surface area contributed by atoms with Crippen LogP contribution in [-0.2, 0) is 19.2 Å². The van der Waals surface area contributed by atoms with E-state index in [-0.39, 0.29) is 29.2 Å². The van der Waals surface area contributed by atoms with Crippen LogP contribution in [0.1, 0.15) is 0 Å². The van der Waals surface area contributed by atoms with Gasteiger partial charge in [-0.05, 0) is 0 Å². The topological polar surface area (TPSA) is 161 Å². The Kier molecular flexibility index (Phi) is 12.3. The maximum Gasteiger partial charge on any atom is 0.0870 e. The van der Waals surface area contributed by atoms with Gasteiger partial charge in [-0.15, -0.1) is 0 Å². The van der Waals surface area contributed by atoms with E-state index in [9.17, 15) is 0 Å². The van der Waals surface area contributed by atoms with Gasteiger partial charge in [-0.3, -0.25) is 0 Å². The smallest absolute Gasteiger partial charge is 0.0870 e. The molecule has 8 nitrogen and oxygen atoms in total. The zero-order chi connectivity index (χ0) is 10.3. The molecule has 0 aromatic rings. The Labute approximate surface area is 92.7 Å². The molecule has 0 aromatic heterocycles. The zero-order valence-corrected chi connectivity index (χ0v) is 9.07. The number of carbonyl (C=O) groups excluding carboxylic acids is 4. The van der Waals surface area contributed by atoms with Crippen molar-refractivity contribution in [1.82, 2.24) is 0 Å². The summed E-state index contributed by atoms with van der Waals surface area (Å²) in [5.41, 5.74) is 0. The molecule has 0 spiro atoms. The molecule has 0 atom stereocenters. The normalized spacial score (nSPS) is 6.77. The van der Waals surface area contributed by atoms with Crippen molar-refractivity contribution in [3.05, 3.63) is 0 Å². The Hall–Kier alpha value is -1.13. The first-order chi connectivity index (χ1) is 5.29. The first kappa shape index (κ1) is 17.8. The summed E-state index contributed by atoms with van der Waals surface area (Å²) in [6.07, 6.45) is 0. The summed E-state index contributed by atoms with van der Waals surface area (Å²) in [7, 11) is 0. The summed E-state index contributed by atoms with van der Waals surface area (Å²) in [5, 5.41) is 35.7. The molecule has 9 heteroatoms. The summed E-state index contributed by atoms with van der Waals surface area (Å²) >= 11 is 0. The first-order valence-corrected chi connectivity index (χ1v) is 2.13. The average Bonchev–Trinajstić information content (AvgIpc) is 1.88. The summed E-state index contributed by atoms with van der Waals surface area (Å²) in [4.78, 5) is 35.7. The van der Waals surface area contributed by atoms with Gasteiger partial charge in [0.25, 0.3) is 0 Å². The SMILES string of the molecule is O=C([O-])C(=O)[O-].O=C([O-])C(=O)[O-].[Pu]. The minimum Gasteiger partial charge on any atom is -0.543 e. The van der Waals surface area contributed by atoms with Gasteiger partial charge < -0.3 is 39.6 Å². The number of hydrogen-bond donors (Lipinski definition) is 0. The van der Waals surface area contributed by atoms with Crippen molar-refractivity contribution < 1.29 is 68.8 Å². The maximum atomic E-state index is 8.93. The minimum absolute atomic E-state index is 0. The predicted molar refractivity (Wildman–Crippen MR) is 20.0 cm³/mol. The van der Waals surface area contributed by atoms with E-state index in [0.717, 1.165) is 0 Å². The fourth-order valence-corrected chi connectivity index (χ4v) is 0. The molecule has 0 bridgehead atoms. The molecule has 0 amide bonds. The van der Waals surface area contributed by atoms with Gasteiger partial charge in [-0.1, -0.05) is 0 Å². The standard InChI is InChI=1S/2C2H2O4.Pu/c2*3-1(4)2(5)6;/h2*(H,3,4)(H,5,6);/p-4. The van der Waals surface area contributed by atoms with Crippen molar-refractivity contribution in [2.24, 2.45) is 0 Å². The van der Waals surface area contributed by atoms with Crippen molar-refractivity contribution in [1.29, 1.82) is 0 Å². The van der Waals surface area contributed by atoms with E-state index >= 15 is 0 Å². The van der Waals surface area contributed by atoms with Crippen LogP contribution >= 0.6 is 0 Å². The number of carboxylic acid groups (broad SMARTS) is 4. The van der Waals surface area contributed by atoms with Crippen LogP contribution in [0.3, 0.4) is 0 Å². The van der Waals surface area contributed by atoms with Crippen LogP contribution in [0.2, 0.25) is 0 Å². The molecule has 0 rings (SSSR count). The summed E-state index contributed by atoms with van der Waals surface area (Å²) in [6, 6.07) is 0. The van der Waals surface area contributed by atoms with Gasteiger partial charge in [0.05, 0.1) is 23.9 Å². The Morgan fingerprint density at radius 2 is 0.615 bits per heavy atom. The molecule has 0 aliphatic rings. The summed E-state index contributed by atoms with van der Waals surface area (Å²) in [5.74, 6) is -8.74. The molecular weight excluding hydrogens is 420 g/mol. The number of carbonyl (C=O) groups is 4. The van der Waals surface area contributed by atoms with Crippen molar-refractivity contribution in [2.45, 2.75) is 0 Å². The molecule has 74 valence electrons. The first-order valence-electron chi connectivity index (χ1n) is 2.13. The molecule has 0 aromatic carbocycles. The molecular formula is C4O8Pu-4. The van der Waals surface area contributed by atoms with E-state index in [0.29, 0.717) is 0 Å². The molecule has 0 N–H and O–H groups in total. The van der Waals surface area contributed by atoms with Crippen LogP contribution < -0.4 is 20.4 Å². The molecule has 0 aliphatic heterocycles. The number of hydrogen-bond acceptors (Lipinski definition) is 8. The Bertz CT molecular complexity index is 172. The molecule has 0 radical (unpaired) electrons. The van der Waals surface area contributed by atoms with Crippen LogP contribution in [0, 0.1) is 29.2 Å². The van der Waals surface area contributed by atoms with Gasteiger partial charge in [-0.25, -0.2) is 0 Å². The predicted octanol–water partition coefficient (Wildman–Crippen LogP) is -7.03. The third-order valence-electron chi connectivity index (χ3n) is 0.333. The second-order valence-corrected chi connectivity index (χ2v) is 1.15. The maximum absolute atomic E-state index is 8.93. The number of rotatable bonds is 0. The van der Waals surface area contributed by atoms with Crippen LogP contribution in [0.25, 0.3) is 0 Å². The van der Waals surface area contributed by atoms with E-state index in [4.69, 9.17) is 39.6 Å². The number of carboxylic acids is 4. The van der Waals surface area contributed by atoms with E-state index in [1.54, 1.807) is 0 Å².